The number of likely N-dealkylation sites (N-methyl/N-ethyl adjacent to an activating group) is 1. The highest BCUT2D eigenvalue weighted by molar-refractivity contribution is 6.03. The summed E-state index contributed by atoms with van der Waals surface area (Å²) < 4.78 is 4.86. The molecule has 10 heteroatoms. The van der Waals surface area contributed by atoms with Crippen molar-refractivity contribution in [2.75, 3.05) is 14.2 Å². The van der Waals surface area contributed by atoms with E-state index in [2.05, 4.69) is 0 Å². The maximum Gasteiger partial charge on any atom is 0.315 e. The molecule has 0 bridgehead atoms. The number of aliphatic hydroxyl groups is 1. The zero-order chi connectivity index (χ0) is 22.4. The first-order chi connectivity index (χ1) is 14.2. The number of aliphatic hydroxyl groups excluding tert-OH is 1. The van der Waals surface area contributed by atoms with Gasteiger partial charge in [0.05, 0.1) is 23.7 Å². The number of phenolic OH excluding ortho intramolecular Hbond substituents is 1. The second kappa shape index (κ2) is 9.08. The number of benzene rings is 2. The van der Waals surface area contributed by atoms with E-state index >= 15 is 0 Å². The van der Waals surface area contributed by atoms with Crippen molar-refractivity contribution in [3.63, 3.8) is 0 Å². The molecule has 0 aliphatic carbocycles. The summed E-state index contributed by atoms with van der Waals surface area (Å²) in [7, 11) is 2.53. The Morgan fingerprint density at radius 2 is 1.97 bits per heavy atom. The van der Waals surface area contributed by atoms with E-state index in [1.54, 1.807) is 30.3 Å². The van der Waals surface area contributed by atoms with Crippen molar-refractivity contribution >= 4 is 17.4 Å². The zero-order valence-electron chi connectivity index (χ0n) is 16.0. The number of phenols is 1. The standard InChI is InChI=1S/C20H16N4O6/c1-23(11-13-6-4-3-5-12(13)9-21)20(27)15(10-22)18(25)14-7-16(24(28)29)19(26)17(8-14)30-2/h3-8,25-26H,11H2,1-2H3/b18-15-. The van der Waals surface area contributed by atoms with E-state index < -0.39 is 33.6 Å². The van der Waals surface area contributed by atoms with Gasteiger partial charge in [-0.15, -0.1) is 0 Å². The van der Waals surface area contributed by atoms with Crippen LogP contribution in [0.4, 0.5) is 5.69 Å². The highest BCUT2D eigenvalue weighted by Crippen LogP contribution is 2.38. The van der Waals surface area contributed by atoms with Gasteiger partial charge in [-0.05, 0) is 17.7 Å². The Labute approximate surface area is 171 Å². The summed E-state index contributed by atoms with van der Waals surface area (Å²) in [4.78, 5) is 24.1. The van der Waals surface area contributed by atoms with Gasteiger partial charge in [-0.2, -0.15) is 10.5 Å². The van der Waals surface area contributed by atoms with Gasteiger partial charge < -0.3 is 19.8 Å². The molecule has 0 aromatic heterocycles. The van der Waals surface area contributed by atoms with Gasteiger partial charge in [0.2, 0.25) is 5.75 Å². The molecule has 30 heavy (non-hydrogen) atoms. The third-order valence-electron chi connectivity index (χ3n) is 4.20. The van der Waals surface area contributed by atoms with Gasteiger partial charge in [-0.1, -0.05) is 18.2 Å². The number of nitro benzene ring substituents is 1. The molecule has 1 amide bonds. The molecule has 0 heterocycles. The lowest BCUT2D eigenvalue weighted by molar-refractivity contribution is -0.386. The minimum atomic E-state index is -0.895. The van der Waals surface area contributed by atoms with Gasteiger partial charge in [0.1, 0.15) is 11.8 Å². The van der Waals surface area contributed by atoms with Crippen LogP contribution in [0.25, 0.3) is 5.76 Å². The number of hydrogen-bond donors (Lipinski definition) is 2. The van der Waals surface area contributed by atoms with Crippen molar-refractivity contribution in [3.05, 3.63) is 68.8 Å². The van der Waals surface area contributed by atoms with Crippen LogP contribution in [0.1, 0.15) is 16.7 Å². The molecule has 0 spiro atoms. The third kappa shape index (κ3) is 4.29. The Bertz CT molecular complexity index is 1130. The van der Waals surface area contributed by atoms with Crippen molar-refractivity contribution < 1.29 is 24.7 Å². The quantitative estimate of drug-likeness (QED) is 0.242. The molecule has 0 fully saturated rings. The molecule has 0 unspecified atom stereocenters. The van der Waals surface area contributed by atoms with Crippen molar-refractivity contribution in [3.8, 4) is 23.6 Å². The number of aromatic hydroxyl groups is 1. The van der Waals surface area contributed by atoms with Crippen molar-refractivity contribution in [1.29, 1.82) is 10.5 Å². The summed E-state index contributed by atoms with van der Waals surface area (Å²) in [6, 6.07) is 12.1. The molecule has 2 N–H and O–H groups in total. The largest absolute Gasteiger partial charge is 0.506 e. The summed E-state index contributed by atoms with van der Waals surface area (Å²) in [6.45, 7) is -0.0138. The second-order valence-electron chi connectivity index (χ2n) is 6.07. The number of nitriles is 2. The van der Waals surface area contributed by atoms with Crippen LogP contribution in [-0.2, 0) is 11.3 Å². The molecular weight excluding hydrogens is 392 g/mol. The summed E-state index contributed by atoms with van der Waals surface area (Å²) in [6.07, 6.45) is 0. The number of methoxy groups -OCH3 is 1. The molecule has 0 saturated heterocycles. The van der Waals surface area contributed by atoms with Crippen LogP contribution in [0.5, 0.6) is 11.5 Å². The number of nitro groups is 1. The van der Waals surface area contributed by atoms with Gasteiger partial charge in [0.15, 0.2) is 11.3 Å². The van der Waals surface area contributed by atoms with E-state index in [1.807, 2.05) is 6.07 Å². The molecule has 0 saturated carbocycles. The summed E-state index contributed by atoms with van der Waals surface area (Å²) in [5.41, 5.74) is -0.810. The average Bonchev–Trinajstić information content (AvgIpc) is 2.74. The molecule has 10 nitrogen and oxygen atoms in total. The number of amides is 1. The van der Waals surface area contributed by atoms with Crippen LogP contribution >= 0.6 is 0 Å². The Morgan fingerprint density at radius 1 is 1.30 bits per heavy atom. The van der Waals surface area contributed by atoms with Gasteiger partial charge in [0, 0.05) is 25.2 Å². The summed E-state index contributed by atoms with van der Waals surface area (Å²) in [5, 5.41) is 50.0. The predicted molar refractivity (Wildman–Crippen MR) is 104 cm³/mol. The van der Waals surface area contributed by atoms with Crippen molar-refractivity contribution in [2.45, 2.75) is 6.54 Å². The fraction of sp³-hybridized carbons (Fsp3) is 0.150. The average molecular weight is 408 g/mol. The predicted octanol–water partition coefficient (Wildman–Crippen LogP) is 2.63. The van der Waals surface area contributed by atoms with Crippen LogP contribution in [0.2, 0.25) is 0 Å². The summed E-state index contributed by atoms with van der Waals surface area (Å²) >= 11 is 0. The molecule has 0 atom stereocenters. The Hall–Kier alpha value is -4.57. The molecule has 0 radical (unpaired) electrons. The van der Waals surface area contributed by atoms with Crippen LogP contribution in [0.3, 0.4) is 0 Å². The Balaban J connectivity index is 2.48. The lowest BCUT2D eigenvalue weighted by Crippen LogP contribution is -2.28. The highest BCUT2D eigenvalue weighted by Gasteiger charge is 2.25. The topological polar surface area (TPSA) is 161 Å². The highest BCUT2D eigenvalue weighted by atomic mass is 16.6. The Morgan fingerprint density at radius 3 is 2.53 bits per heavy atom. The molecule has 0 aliphatic rings. The Kier molecular flexibility index (Phi) is 6.58. The molecule has 0 aliphatic heterocycles. The van der Waals surface area contributed by atoms with Crippen LogP contribution in [0.15, 0.2) is 42.0 Å². The van der Waals surface area contributed by atoms with Gasteiger partial charge >= 0.3 is 5.69 Å². The maximum atomic E-state index is 12.7. The minimum Gasteiger partial charge on any atom is -0.506 e. The van der Waals surface area contributed by atoms with Crippen molar-refractivity contribution in [2.24, 2.45) is 0 Å². The fourth-order valence-corrected chi connectivity index (χ4v) is 2.66. The van der Waals surface area contributed by atoms with Crippen LogP contribution in [-0.4, -0.2) is 40.1 Å². The monoisotopic (exact) mass is 408 g/mol. The molecule has 2 aromatic rings. The lowest BCUT2D eigenvalue weighted by Gasteiger charge is -2.18. The first-order valence-corrected chi connectivity index (χ1v) is 8.37. The summed E-state index contributed by atoms with van der Waals surface area (Å²) in [5.74, 6) is -2.75. The smallest absolute Gasteiger partial charge is 0.315 e. The fourth-order valence-electron chi connectivity index (χ4n) is 2.66. The molecule has 2 aromatic carbocycles. The zero-order valence-corrected chi connectivity index (χ0v) is 16.0. The first-order valence-electron chi connectivity index (χ1n) is 8.37. The SMILES string of the molecule is COc1cc(/C(O)=C(\C#N)C(=O)N(C)Cc2ccccc2C#N)cc([N+](=O)[O-])c1O. The normalized spacial score (nSPS) is 10.9. The van der Waals surface area contributed by atoms with Gasteiger partial charge in [0.25, 0.3) is 5.91 Å². The molecular formula is C20H16N4O6. The number of carbonyl (C=O) groups excluding carboxylic acids is 1. The van der Waals surface area contributed by atoms with Crippen LogP contribution in [0, 0.1) is 32.8 Å². The van der Waals surface area contributed by atoms with E-state index in [0.29, 0.717) is 11.1 Å². The van der Waals surface area contributed by atoms with E-state index in [0.717, 1.165) is 24.1 Å². The maximum absolute atomic E-state index is 12.7. The third-order valence-corrected chi connectivity index (χ3v) is 4.20. The number of ether oxygens (including phenoxy) is 1. The van der Waals surface area contributed by atoms with E-state index in [9.17, 15) is 30.4 Å². The first kappa shape index (κ1) is 21.7. The van der Waals surface area contributed by atoms with E-state index in [1.165, 1.54) is 7.05 Å². The minimum absolute atomic E-state index is 0.0138. The second-order valence-corrected chi connectivity index (χ2v) is 6.07. The van der Waals surface area contributed by atoms with Crippen LogP contribution < -0.4 is 4.74 Å². The number of hydrogen-bond acceptors (Lipinski definition) is 8. The number of carbonyl (C=O) groups is 1. The van der Waals surface area contributed by atoms with E-state index in [-0.39, 0.29) is 17.9 Å². The van der Waals surface area contributed by atoms with Gasteiger partial charge in [-0.25, -0.2) is 0 Å². The number of nitrogens with zero attached hydrogens (tertiary/aromatic N) is 4. The molecule has 2 rings (SSSR count). The number of rotatable bonds is 6. The lowest BCUT2D eigenvalue weighted by atomic mass is 10.1. The molecule has 152 valence electrons. The van der Waals surface area contributed by atoms with Crippen molar-refractivity contribution in [1.82, 2.24) is 4.90 Å². The van der Waals surface area contributed by atoms with E-state index in [4.69, 9.17) is 10.00 Å². The van der Waals surface area contributed by atoms with Gasteiger partial charge in [-0.3, -0.25) is 14.9 Å².